The second kappa shape index (κ2) is 5.97. The predicted octanol–water partition coefficient (Wildman–Crippen LogP) is 3.08. The van der Waals surface area contributed by atoms with Crippen molar-refractivity contribution in [3.63, 3.8) is 0 Å². The van der Waals surface area contributed by atoms with E-state index in [4.69, 9.17) is 16.3 Å². The average Bonchev–Trinajstić information content (AvgIpc) is 2.39. The number of hydrogen-bond acceptors (Lipinski definition) is 4. The third-order valence-corrected chi connectivity index (χ3v) is 3.10. The summed E-state index contributed by atoms with van der Waals surface area (Å²) in [5.41, 5.74) is 2.94. The van der Waals surface area contributed by atoms with Gasteiger partial charge in [-0.2, -0.15) is 0 Å². The number of halogens is 1. The van der Waals surface area contributed by atoms with E-state index in [0.29, 0.717) is 12.3 Å². The summed E-state index contributed by atoms with van der Waals surface area (Å²) in [7, 11) is 1.60. The van der Waals surface area contributed by atoms with E-state index in [-0.39, 0.29) is 5.38 Å². The van der Waals surface area contributed by atoms with Gasteiger partial charge in [0, 0.05) is 36.1 Å². The van der Waals surface area contributed by atoms with E-state index in [0.717, 1.165) is 22.6 Å². The van der Waals surface area contributed by atoms with E-state index >= 15 is 0 Å². The van der Waals surface area contributed by atoms with Gasteiger partial charge in [-0.05, 0) is 19.4 Å². The molecule has 0 saturated carbocycles. The minimum absolute atomic E-state index is 0.0725. The Morgan fingerprint density at radius 1 is 1.26 bits per heavy atom. The van der Waals surface area contributed by atoms with E-state index in [1.165, 1.54) is 0 Å². The van der Waals surface area contributed by atoms with Gasteiger partial charge in [-0.3, -0.25) is 0 Å². The van der Waals surface area contributed by atoms with Crippen molar-refractivity contribution in [2.45, 2.75) is 25.6 Å². The minimum atomic E-state index is -0.0725. The highest BCUT2D eigenvalue weighted by atomic mass is 35.5. The standard InChI is InChI=1S/C14H16ClN3O/c1-9(15)12-8-16-13(18-10(12)2)6-11-4-5-14(19-3)17-7-11/h4-5,7-9H,6H2,1-3H3. The first-order chi connectivity index (χ1) is 9.10. The lowest BCUT2D eigenvalue weighted by molar-refractivity contribution is 0.397. The summed E-state index contributed by atoms with van der Waals surface area (Å²) in [6, 6.07) is 3.79. The second-order valence-corrected chi connectivity index (χ2v) is 4.98. The zero-order chi connectivity index (χ0) is 13.8. The highest BCUT2D eigenvalue weighted by Gasteiger charge is 2.09. The van der Waals surface area contributed by atoms with Crippen molar-refractivity contribution in [2.24, 2.45) is 0 Å². The van der Waals surface area contributed by atoms with Crippen LogP contribution in [0.1, 0.15) is 34.9 Å². The van der Waals surface area contributed by atoms with E-state index in [9.17, 15) is 0 Å². The molecule has 2 heterocycles. The largest absolute Gasteiger partial charge is 0.481 e. The lowest BCUT2D eigenvalue weighted by Crippen LogP contribution is -2.02. The van der Waals surface area contributed by atoms with Gasteiger partial charge in [0.05, 0.1) is 12.5 Å². The summed E-state index contributed by atoms with van der Waals surface area (Å²) in [4.78, 5) is 13.0. The number of nitrogens with zero attached hydrogens (tertiary/aromatic N) is 3. The Balaban J connectivity index is 2.16. The SMILES string of the molecule is COc1ccc(Cc2ncc(C(C)Cl)c(C)n2)cn1. The van der Waals surface area contributed by atoms with Gasteiger partial charge in [-0.1, -0.05) is 6.07 Å². The van der Waals surface area contributed by atoms with Crippen LogP contribution in [0.5, 0.6) is 5.88 Å². The highest BCUT2D eigenvalue weighted by molar-refractivity contribution is 6.20. The van der Waals surface area contributed by atoms with Crippen LogP contribution in [0.4, 0.5) is 0 Å². The quantitative estimate of drug-likeness (QED) is 0.806. The fraction of sp³-hybridized carbons (Fsp3) is 0.357. The molecule has 0 amide bonds. The first-order valence-electron chi connectivity index (χ1n) is 6.05. The van der Waals surface area contributed by atoms with Gasteiger partial charge in [-0.25, -0.2) is 15.0 Å². The summed E-state index contributed by atoms with van der Waals surface area (Å²) in [6.07, 6.45) is 4.22. The second-order valence-electron chi connectivity index (χ2n) is 4.33. The smallest absolute Gasteiger partial charge is 0.212 e. The Labute approximate surface area is 117 Å². The Bertz CT molecular complexity index is 555. The number of ether oxygens (including phenoxy) is 1. The lowest BCUT2D eigenvalue weighted by Gasteiger charge is -2.08. The summed E-state index contributed by atoms with van der Waals surface area (Å²) in [5, 5.41) is -0.0725. The van der Waals surface area contributed by atoms with Crippen molar-refractivity contribution >= 4 is 11.6 Å². The molecule has 2 aromatic rings. The zero-order valence-electron chi connectivity index (χ0n) is 11.2. The third kappa shape index (κ3) is 3.41. The first kappa shape index (κ1) is 13.7. The van der Waals surface area contributed by atoms with Gasteiger partial charge in [0.1, 0.15) is 5.82 Å². The van der Waals surface area contributed by atoms with Crippen LogP contribution in [0.15, 0.2) is 24.5 Å². The van der Waals surface area contributed by atoms with Crippen molar-refractivity contribution in [3.8, 4) is 5.88 Å². The number of hydrogen-bond donors (Lipinski definition) is 0. The number of methoxy groups -OCH3 is 1. The fourth-order valence-electron chi connectivity index (χ4n) is 1.82. The number of aromatic nitrogens is 3. The Morgan fingerprint density at radius 3 is 2.58 bits per heavy atom. The third-order valence-electron chi connectivity index (χ3n) is 2.86. The highest BCUT2D eigenvalue weighted by Crippen LogP contribution is 2.21. The van der Waals surface area contributed by atoms with Gasteiger partial charge in [0.25, 0.3) is 0 Å². The Kier molecular flexibility index (Phi) is 4.32. The first-order valence-corrected chi connectivity index (χ1v) is 6.49. The molecule has 5 heteroatoms. The monoisotopic (exact) mass is 277 g/mol. The van der Waals surface area contributed by atoms with Crippen LogP contribution in [0.3, 0.4) is 0 Å². The molecule has 0 aliphatic heterocycles. The molecular weight excluding hydrogens is 262 g/mol. The van der Waals surface area contributed by atoms with Crippen LogP contribution < -0.4 is 4.74 Å². The minimum Gasteiger partial charge on any atom is -0.481 e. The molecule has 0 N–H and O–H groups in total. The van der Waals surface area contributed by atoms with Gasteiger partial charge in [-0.15, -0.1) is 11.6 Å². The van der Waals surface area contributed by atoms with Crippen molar-refractivity contribution in [2.75, 3.05) is 7.11 Å². The van der Waals surface area contributed by atoms with Gasteiger partial charge in [0.2, 0.25) is 5.88 Å². The molecule has 100 valence electrons. The molecule has 19 heavy (non-hydrogen) atoms. The van der Waals surface area contributed by atoms with Crippen LogP contribution in [0.25, 0.3) is 0 Å². The number of rotatable bonds is 4. The molecule has 0 saturated heterocycles. The van der Waals surface area contributed by atoms with Crippen molar-refractivity contribution in [1.82, 2.24) is 15.0 Å². The number of alkyl halides is 1. The van der Waals surface area contributed by atoms with Crippen molar-refractivity contribution in [1.29, 1.82) is 0 Å². The van der Waals surface area contributed by atoms with Crippen molar-refractivity contribution in [3.05, 3.63) is 47.2 Å². The Hall–Kier alpha value is -1.68. The molecule has 1 unspecified atom stereocenters. The van der Waals surface area contributed by atoms with E-state index in [2.05, 4.69) is 15.0 Å². The lowest BCUT2D eigenvalue weighted by atomic mass is 10.1. The van der Waals surface area contributed by atoms with Gasteiger partial charge in [0.15, 0.2) is 0 Å². The summed E-state index contributed by atoms with van der Waals surface area (Å²) in [6.45, 7) is 3.87. The maximum Gasteiger partial charge on any atom is 0.212 e. The van der Waals surface area contributed by atoms with E-state index in [1.807, 2.05) is 26.0 Å². The summed E-state index contributed by atoms with van der Waals surface area (Å²) < 4.78 is 5.02. The van der Waals surface area contributed by atoms with E-state index < -0.39 is 0 Å². The molecule has 0 bridgehead atoms. The molecule has 0 spiro atoms. The molecular formula is C14H16ClN3O. The molecule has 0 aliphatic carbocycles. The molecule has 0 fully saturated rings. The fourth-order valence-corrected chi connectivity index (χ4v) is 2.03. The zero-order valence-corrected chi connectivity index (χ0v) is 12.0. The Morgan fingerprint density at radius 2 is 2.05 bits per heavy atom. The molecule has 1 atom stereocenters. The average molecular weight is 278 g/mol. The van der Waals surface area contributed by atoms with Crippen LogP contribution in [0, 0.1) is 6.92 Å². The van der Waals surface area contributed by atoms with E-state index in [1.54, 1.807) is 19.5 Å². The molecule has 2 aromatic heterocycles. The van der Waals surface area contributed by atoms with Crippen LogP contribution in [-0.4, -0.2) is 22.1 Å². The molecule has 0 aromatic carbocycles. The maximum atomic E-state index is 6.05. The number of aryl methyl sites for hydroxylation is 1. The molecule has 0 radical (unpaired) electrons. The maximum absolute atomic E-state index is 6.05. The van der Waals surface area contributed by atoms with Crippen LogP contribution >= 0.6 is 11.6 Å². The molecule has 2 rings (SSSR count). The van der Waals surface area contributed by atoms with Crippen LogP contribution in [0.2, 0.25) is 0 Å². The summed E-state index contributed by atoms with van der Waals surface area (Å²) in [5.74, 6) is 1.37. The normalized spacial score (nSPS) is 12.2. The van der Waals surface area contributed by atoms with Crippen molar-refractivity contribution < 1.29 is 4.74 Å². The molecule has 4 nitrogen and oxygen atoms in total. The van der Waals surface area contributed by atoms with Gasteiger partial charge >= 0.3 is 0 Å². The number of pyridine rings is 1. The van der Waals surface area contributed by atoms with Gasteiger partial charge < -0.3 is 4.74 Å². The topological polar surface area (TPSA) is 47.9 Å². The molecule has 0 aliphatic rings. The van der Waals surface area contributed by atoms with Crippen LogP contribution in [-0.2, 0) is 6.42 Å². The summed E-state index contributed by atoms with van der Waals surface area (Å²) >= 11 is 6.05. The predicted molar refractivity (Wildman–Crippen MR) is 74.6 cm³/mol.